The van der Waals surface area contributed by atoms with Crippen molar-refractivity contribution in [3.63, 3.8) is 0 Å². The number of nitrogens with two attached hydrogens (primary N) is 1. The van der Waals surface area contributed by atoms with Gasteiger partial charge >= 0.3 is 0 Å². The third-order valence-electron chi connectivity index (χ3n) is 2.86. The number of aromatic nitrogens is 2. The largest absolute Gasteiger partial charge is 0.370 e. The molecule has 20 heavy (non-hydrogen) atoms. The lowest BCUT2D eigenvalue weighted by atomic mass is 10.3. The van der Waals surface area contributed by atoms with Gasteiger partial charge in [-0.3, -0.25) is 4.79 Å². The van der Waals surface area contributed by atoms with Gasteiger partial charge in [0.1, 0.15) is 5.15 Å². The first-order valence-electron chi connectivity index (χ1n) is 6.25. The summed E-state index contributed by atoms with van der Waals surface area (Å²) < 4.78 is 1.74. The van der Waals surface area contributed by atoms with E-state index in [0.717, 1.165) is 22.7 Å². The zero-order valence-electron chi connectivity index (χ0n) is 11.2. The number of carbonyl (C=O) groups excluding carboxylic acids is 1. The molecule has 2 rings (SSSR count). The molecule has 0 atom stereocenters. The van der Waals surface area contributed by atoms with E-state index in [0.29, 0.717) is 17.3 Å². The fourth-order valence-electron chi connectivity index (χ4n) is 1.78. The molecule has 0 unspecified atom stereocenters. The lowest BCUT2D eigenvalue weighted by molar-refractivity contribution is -0.117. The first-order chi connectivity index (χ1) is 9.59. The smallest absolute Gasteiger partial charge is 0.218 e. The van der Waals surface area contributed by atoms with E-state index in [1.807, 2.05) is 37.3 Å². The Morgan fingerprint density at radius 1 is 1.40 bits per heavy atom. The Labute approximate surface area is 127 Å². The van der Waals surface area contributed by atoms with Crippen molar-refractivity contribution < 1.29 is 4.79 Å². The van der Waals surface area contributed by atoms with Crippen molar-refractivity contribution in [1.29, 1.82) is 0 Å². The van der Waals surface area contributed by atoms with Crippen LogP contribution in [0.4, 0.5) is 0 Å². The minimum atomic E-state index is -0.278. The Bertz CT molecular complexity index is 598. The number of para-hydroxylation sites is 1. The van der Waals surface area contributed by atoms with Crippen molar-refractivity contribution in [1.82, 2.24) is 9.78 Å². The molecule has 0 aliphatic carbocycles. The molecule has 0 radical (unpaired) electrons. The van der Waals surface area contributed by atoms with Gasteiger partial charge in [0.2, 0.25) is 5.91 Å². The summed E-state index contributed by atoms with van der Waals surface area (Å²) in [4.78, 5) is 10.7. The van der Waals surface area contributed by atoms with Gasteiger partial charge in [0.15, 0.2) is 0 Å². The van der Waals surface area contributed by atoms with Gasteiger partial charge in [0.05, 0.1) is 11.4 Å². The van der Waals surface area contributed by atoms with Crippen LogP contribution in [0.1, 0.15) is 17.7 Å². The lowest BCUT2D eigenvalue weighted by Crippen LogP contribution is -2.10. The molecule has 2 N–H and O–H groups in total. The van der Waals surface area contributed by atoms with E-state index in [1.54, 1.807) is 16.4 Å². The minimum Gasteiger partial charge on any atom is -0.370 e. The molecule has 0 saturated carbocycles. The van der Waals surface area contributed by atoms with Crippen LogP contribution in [-0.4, -0.2) is 21.4 Å². The molecule has 1 amide bonds. The maximum atomic E-state index is 10.7. The molecule has 0 spiro atoms. The highest BCUT2D eigenvalue weighted by Crippen LogP contribution is 2.27. The number of benzene rings is 1. The van der Waals surface area contributed by atoms with Crippen molar-refractivity contribution in [3.05, 3.63) is 46.7 Å². The van der Waals surface area contributed by atoms with Crippen molar-refractivity contribution in [2.75, 3.05) is 5.75 Å². The summed E-state index contributed by atoms with van der Waals surface area (Å²) in [6, 6.07) is 9.77. The zero-order valence-corrected chi connectivity index (χ0v) is 12.7. The Morgan fingerprint density at radius 2 is 2.10 bits per heavy atom. The van der Waals surface area contributed by atoms with Crippen LogP contribution in [0, 0.1) is 6.92 Å². The van der Waals surface area contributed by atoms with Crippen LogP contribution < -0.4 is 5.73 Å². The number of aryl methyl sites for hydroxylation is 1. The number of hydrogen-bond acceptors (Lipinski definition) is 3. The molecule has 0 aliphatic heterocycles. The monoisotopic (exact) mass is 309 g/mol. The average Bonchev–Trinajstić information content (AvgIpc) is 2.71. The van der Waals surface area contributed by atoms with Gasteiger partial charge in [-0.05, 0) is 19.1 Å². The maximum Gasteiger partial charge on any atom is 0.218 e. The normalized spacial score (nSPS) is 10.7. The first-order valence-corrected chi connectivity index (χ1v) is 7.78. The summed E-state index contributed by atoms with van der Waals surface area (Å²) in [6.45, 7) is 1.94. The van der Waals surface area contributed by atoms with Crippen LogP contribution in [0.25, 0.3) is 5.69 Å². The maximum absolute atomic E-state index is 10.7. The molecular weight excluding hydrogens is 294 g/mol. The second-order valence-electron chi connectivity index (χ2n) is 4.37. The second-order valence-corrected chi connectivity index (χ2v) is 5.83. The van der Waals surface area contributed by atoms with E-state index in [2.05, 4.69) is 5.10 Å². The highest BCUT2D eigenvalue weighted by Gasteiger charge is 2.14. The summed E-state index contributed by atoms with van der Waals surface area (Å²) >= 11 is 8.03. The molecule has 0 bridgehead atoms. The fraction of sp³-hybridized carbons (Fsp3) is 0.286. The lowest BCUT2D eigenvalue weighted by Gasteiger charge is -2.03. The summed E-state index contributed by atoms with van der Waals surface area (Å²) in [5.41, 5.74) is 7.97. The molecule has 0 saturated heterocycles. The van der Waals surface area contributed by atoms with Gasteiger partial charge < -0.3 is 5.73 Å². The molecular formula is C14H16ClN3OS. The third kappa shape index (κ3) is 3.55. The molecule has 1 heterocycles. The topological polar surface area (TPSA) is 60.9 Å². The Balaban J connectivity index is 2.11. The van der Waals surface area contributed by atoms with E-state index < -0.39 is 0 Å². The molecule has 1 aromatic carbocycles. The number of thioether (sulfide) groups is 1. The van der Waals surface area contributed by atoms with Crippen LogP contribution in [0.3, 0.4) is 0 Å². The van der Waals surface area contributed by atoms with Crippen LogP contribution in [-0.2, 0) is 10.5 Å². The van der Waals surface area contributed by atoms with Crippen LogP contribution in [0.2, 0.25) is 5.15 Å². The van der Waals surface area contributed by atoms with Crippen molar-refractivity contribution in [3.8, 4) is 5.69 Å². The van der Waals surface area contributed by atoms with E-state index in [4.69, 9.17) is 17.3 Å². The Hall–Kier alpha value is -1.46. The summed E-state index contributed by atoms with van der Waals surface area (Å²) in [6.07, 6.45) is 0.383. The van der Waals surface area contributed by atoms with Gasteiger partial charge in [-0.15, -0.1) is 0 Å². The van der Waals surface area contributed by atoms with Crippen molar-refractivity contribution in [2.24, 2.45) is 5.73 Å². The second kappa shape index (κ2) is 6.81. The number of hydrogen-bond donors (Lipinski definition) is 1. The van der Waals surface area contributed by atoms with Crippen molar-refractivity contribution in [2.45, 2.75) is 19.1 Å². The summed E-state index contributed by atoms with van der Waals surface area (Å²) in [5, 5.41) is 5.10. The quantitative estimate of drug-likeness (QED) is 0.835. The number of primary amides is 1. The predicted molar refractivity (Wildman–Crippen MR) is 83.3 cm³/mol. The van der Waals surface area contributed by atoms with Crippen LogP contribution in [0.5, 0.6) is 0 Å². The zero-order chi connectivity index (χ0) is 14.5. The molecule has 2 aromatic rings. The standard InChI is InChI=1S/C14H16ClN3OS/c1-10-12(9-20-8-7-13(16)19)14(15)18(17-10)11-5-3-2-4-6-11/h2-6H,7-9H2,1H3,(H2,16,19). The van der Waals surface area contributed by atoms with Crippen molar-refractivity contribution >= 4 is 29.3 Å². The fourth-order valence-corrected chi connectivity index (χ4v) is 3.24. The average molecular weight is 310 g/mol. The SMILES string of the molecule is Cc1nn(-c2ccccc2)c(Cl)c1CSCCC(N)=O. The third-order valence-corrected chi connectivity index (χ3v) is 4.24. The minimum absolute atomic E-state index is 0.278. The molecule has 0 fully saturated rings. The predicted octanol–water partition coefficient (Wildman–Crippen LogP) is 2.94. The molecule has 106 valence electrons. The van der Waals surface area contributed by atoms with E-state index in [1.165, 1.54) is 0 Å². The summed E-state index contributed by atoms with van der Waals surface area (Å²) in [7, 11) is 0. The highest BCUT2D eigenvalue weighted by atomic mass is 35.5. The number of rotatable bonds is 6. The Morgan fingerprint density at radius 3 is 2.75 bits per heavy atom. The summed E-state index contributed by atoms with van der Waals surface area (Å²) in [5.74, 6) is 1.15. The number of halogens is 1. The van der Waals surface area contributed by atoms with E-state index in [-0.39, 0.29) is 5.91 Å². The van der Waals surface area contributed by atoms with E-state index >= 15 is 0 Å². The van der Waals surface area contributed by atoms with Gasteiger partial charge in [0, 0.05) is 23.5 Å². The number of carbonyl (C=O) groups is 1. The van der Waals surface area contributed by atoms with Gasteiger partial charge in [-0.25, -0.2) is 4.68 Å². The highest BCUT2D eigenvalue weighted by molar-refractivity contribution is 7.98. The van der Waals surface area contributed by atoms with E-state index in [9.17, 15) is 4.79 Å². The Kier molecular flexibility index (Phi) is 5.09. The molecule has 0 aliphatic rings. The van der Waals surface area contributed by atoms with Gasteiger partial charge in [0.25, 0.3) is 0 Å². The molecule has 4 nitrogen and oxygen atoms in total. The van der Waals surface area contributed by atoms with Gasteiger partial charge in [-0.1, -0.05) is 29.8 Å². The van der Waals surface area contributed by atoms with Gasteiger partial charge in [-0.2, -0.15) is 16.9 Å². The number of nitrogens with zero attached hydrogens (tertiary/aromatic N) is 2. The molecule has 1 aromatic heterocycles. The first kappa shape index (κ1) is 14.9. The van der Waals surface area contributed by atoms with Crippen LogP contribution in [0.15, 0.2) is 30.3 Å². The van der Waals surface area contributed by atoms with Crippen LogP contribution >= 0.6 is 23.4 Å². The molecule has 6 heteroatoms. The number of amides is 1.